The van der Waals surface area contributed by atoms with Gasteiger partial charge in [0.15, 0.2) is 0 Å². The van der Waals surface area contributed by atoms with Crippen molar-refractivity contribution in [2.24, 2.45) is 0 Å². The average Bonchev–Trinajstić information content (AvgIpc) is 3.01. The number of hydrogen-bond acceptors (Lipinski definition) is 4. The highest BCUT2D eigenvalue weighted by atomic mass is 16.3. The quantitative estimate of drug-likeness (QED) is 0.909. The number of hydrogen-bond donors (Lipinski definition) is 1. The summed E-state index contributed by atoms with van der Waals surface area (Å²) >= 11 is 0. The Morgan fingerprint density at radius 1 is 1.22 bits per heavy atom. The van der Waals surface area contributed by atoms with Crippen LogP contribution in [0.2, 0.25) is 0 Å². The van der Waals surface area contributed by atoms with E-state index in [1.807, 2.05) is 24.9 Å². The van der Waals surface area contributed by atoms with Crippen molar-refractivity contribution in [3.63, 3.8) is 0 Å². The Morgan fingerprint density at radius 2 is 1.87 bits per heavy atom. The van der Waals surface area contributed by atoms with E-state index in [1.165, 1.54) is 0 Å². The first-order valence-corrected chi connectivity index (χ1v) is 8.76. The van der Waals surface area contributed by atoms with E-state index in [0.29, 0.717) is 6.04 Å². The van der Waals surface area contributed by atoms with Crippen LogP contribution < -0.4 is 0 Å². The van der Waals surface area contributed by atoms with Gasteiger partial charge in [-0.25, -0.2) is 0 Å². The van der Waals surface area contributed by atoms with Crippen molar-refractivity contribution < 1.29 is 9.90 Å². The van der Waals surface area contributed by atoms with E-state index in [-0.39, 0.29) is 18.1 Å². The maximum atomic E-state index is 12.7. The summed E-state index contributed by atoms with van der Waals surface area (Å²) in [5.74, 6) is 0.167. The normalized spacial score (nSPS) is 23.2. The molecule has 1 amide bonds. The predicted molar refractivity (Wildman–Crippen MR) is 88.1 cm³/mol. The van der Waals surface area contributed by atoms with Crippen LogP contribution in [0.5, 0.6) is 0 Å². The molecule has 2 saturated heterocycles. The summed E-state index contributed by atoms with van der Waals surface area (Å²) in [5, 5.41) is 13.9. The first-order valence-electron chi connectivity index (χ1n) is 8.76. The third-order valence-corrected chi connectivity index (χ3v) is 5.28. The Bertz CT molecular complexity index is 528. The van der Waals surface area contributed by atoms with Gasteiger partial charge in [0.25, 0.3) is 0 Å². The molecular weight excluding hydrogens is 292 g/mol. The lowest BCUT2D eigenvalue weighted by Gasteiger charge is -2.41. The molecule has 6 nitrogen and oxygen atoms in total. The van der Waals surface area contributed by atoms with Crippen LogP contribution in [-0.2, 0) is 4.79 Å². The molecule has 1 unspecified atom stereocenters. The fourth-order valence-electron chi connectivity index (χ4n) is 3.72. The largest absolute Gasteiger partial charge is 0.393 e. The van der Waals surface area contributed by atoms with Crippen molar-refractivity contribution in [3.8, 4) is 0 Å². The van der Waals surface area contributed by atoms with Crippen molar-refractivity contribution in [1.29, 1.82) is 0 Å². The van der Waals surface area contributed by atoms with Gasteiger partial charge in [-0.15, -0.1) is 0 Å². The summed E-state index contributed by atoms with van der Waals surface area (Å²) in [6.45, 7) is 7.54. The number of piperidine rings is 2. The van der Waals surface area contributed by atoms with Gasteiger partial charge in [-0.05, 0) is 45.1 Å². The molecule has 0 aliphatic carbocycles. The Kier molecular flexibility index (Phi) is 5.02. The summed E-state index contributed by atoms with van der Waals surface area (Å²) in [5.41, 5.74) is 1.08. The van der Waals surface area contributed by atoms with Crippen LogP contribution in [0.3, 0.4) is 0 Å². The molecule has 23 heavy (non-hydrogen) atoms. The van der Waals surface area contributed by atoms with E-state index in [0.717, 1.165) is 57.4 Å². The predicted octanol–water partition coefficient (Wildman–Crippen LogP) is 1.20. The van der Waals surface area contributed by atoms with Crippen molar-refractivity contribution in [3.05, 3.63) is 18.0 Å². The highest BCUT2D eigenvalue weighted by Crippen LogP contribution is 2.22. The number of amides is 1. The van der Waals surface area contributed by atoms with Crippen molar-refractivity contribution in [2.45, 2.75) is 57.7 Å². The van der Waals surface area contributed by atoms with Gasteiger partial charge in [0, 0.05) is 38.4 Å². The lowest BCUT2D eigenvalue weighted by molar-refractivity contribution is -0.136. The molecule has 3 rings (SSSR count). The van der Waals surface area contributed by atoms with Gasteiger partial charge in [0.2, 0.25) is 5.91 Å². The molecule has 1 aromatic heterocycles. The highest BCUT2D eigenvalue weighted by molar-refractivity contribution is 5.80. The van der Waals surface area contributed by atoms with Crippen LogP contribution in [0, 0.1) is 6.92 Å². The van der Waals surface area contributed by atoms with Crippen molar-refractivity contribution in [2.75, 3.05) is 26.2 Å². The fourth-order valence-corrected chi connectivity index (χ4v) is 3.72. The summed E-state index contributed by atoms with van der Waals surface area (Å²) in [7, 11) is 0. The van der Waals surface area contributed by atoms with Crippen molar-refractivity contribution in [1.82, 2.24) is 19.6 Å². The van der Waals surface area contributed by atoms with Gasteiger partial charge in [0.1, 0.15) is 6.04 Å². The minimum absolute atomic E-state index is 0.119. The number of nitrogens with zero attached hydrogens (tertiary/aromatic N) is 4. The number of likely N-dealkylation sites (tertiary alicyclic amines) is 2. The first kappa shape index (κ1) is 16.5. The molecule has 2 aliphatic rings. The van der Waals surface area contributed by atoms with E-state index in [9.17, 15) is 9.90 Å². The average molecular weight is 320 g/mol. The Hall–Kier alpha value is -1.40. The highest BCUT2D eigenvalue weighted by Gasteiger charge is 2.31. The van der Waals surface area contributed by atoms with Crippen LogP contribution in [0.4, 0.5) is 0 Å². The summed E-state index contributed by atoms with van der Waals surface area (Å²) in [4.78, 5) is 17.1. The minimum atomic E-state index is -0.231. The van der Waals surface area contributed by atoms with E-state index >= 15 is 0 Å². The van der Waals surface area contributed by atoms with E-state index in [1.54, 1.807) is 10.9 Å². The van der Waals surface area contributed by atoms with E-state index in [4.69, 9.17) is 0 Å². The first-order chi connectivity index (χ1) is 11.0. The van der Waals surface area contributed by atoms with Gasteiger partial charge in [0.05, 0.1) is 12.3 Å². The summed E-state index contributed by atoms with van der Waals surface area (Å²) < 4.78 is 1.76. The zero-order chi connectivity index (χ0) is 16.4. The molecule has 2 fully saturated rings. The molecular formula is C17H28N4O2. The SMILES string of the molecule is Cc1cnn(C(C)C(=O)N2CCC(N3CCC(O)CC3)CC2)c1. The zero-order valence-electron chi connectivity index (χ0n) is 14.2. The van der Waals surface area contributed by atoms with Gasteiger partial charge in [-0.2, -0.15) is 5.10 Å². The number of aryl methyl sites for hydroxylation is 1. The summed E-state index contributed by atoms with van der Waals surface area (Å²) in [6.07, 6.45) is 7.43. The van der Waals surface area contributed by atoms with Gasteiger partial charge >= 0.3 is 0 Å². The number of aliphatic hydroxyl groups excluding tert-OH is 1. The molecule has 2 aliphatic heterocycles. The van der Waals surface area contributed by atoms with E-state index in [2.05, 4.69) is 10.00 Å². The number of rotatable bonds is 3. The number of aromatic nitrogens is 2. The second-order valence-corrected chi connectivity index (χ2v) is 7.00. The minimum Gasteiger partial charge on any atom is -0.393 e. The number of carbonyl (C=O) groups is 1. The second-order valence-electron chi connectivity index (χ2n) is 7.00. The lowest BCUT2D eigenvalue weighted by Crippen LogP contribution is -2.50. The van der Waals surface area contributed by atoms with Gasteiger partial charge < -0.3 is 14.9 Å². The Labute approximate surface area is 138 Å². The van der Waals surface area contributed by atoms with Crippen LogP contribution >= 0.6 is 0 Å². The molecule has 0 radical (unpaired) electrons. The molecule has 0 saturated carbocycles. The van der Waals surface area contributed by atoms with Crippen molar-refractivity contribution >= 4 is 5.91 Å². The zero-order valence-corrected chi connectivity index (χ0v) is 14.2. The summed E-state index contributed by atoms with van der Waals surface area (Å²) in [6, 6.07) is 0.333. The number of carbonyl (C=O) groups excluding carboxylic acids is 1. The third-order valence-electron chi connectivity index (χ3n) is 5.28. The maximum absolute atomic E-state index is 12.7. The molecule has 0 spiro atoms. The molecule has 0 bridgehead atoms. The Morgan fingerprint density at radius 3 is 2.43 bits per heavy atom. The molecule has 1 N–H and O–H groups in total. The maximum Gasteiger partial charge on any atom is 0.247 e. The molecule has 3 heterocycles. The Balaban J connectivity index is 1.51. The van der Waals surface area contributed by atoms with Crippen LogP contribution in [0.15, 0.2) is 12.4 Å². The monoisotopic (exact) mass is 320 g/mol. The lowest BCUT2D eigenvalue weighted by atomic mass is 9.98. The smallest absolute Gasteiger partial charge is 0.247 e. The third kappa shape index (κ3) is 3.75. The number of aliphatic hydroxyl groups is 1. The van der Waals surface area contributed by atoms with Gasteiger partial charge in [-0.1, -0.05) is 0 Å². The molecule has 128 valence electrons. The van der Waals surface area contributed by atoms with E-state index < -0.39 is 0 Å². The fraction of sp³-hybridized carbons (Fsp3) is 0.765. The standard InChI is InChI=1S/C17H28N4O2/c1-13-11-18-21(12-13)14(2)17(23)20-7-3-15(4-8-20)19-9-5-16(22)6-10-19/h11-12,14-16,22H,3-10H2,1-2H3. The van der Waals surface area contributed by atoms with Crippen LogP contribution in [0.25, 0.3) is 0 Å². The van der Waals surface area contributed by atoms with Gasteiger partial charge in [-0.3, -0.25) is 9.48 Å². The topological polar surface area (TPSA) is 61.6 Å². The molecule has 0 aromatic carbocycles. The second kappa shape index (κ2) is 7.01. The van der Waals surface area contributed by atoms with Crippen LogP contribution in [0.1, 0.15) is 44.2 Å². The van der Waals surface area contributed by atoms with Crippen LogP contribution in [-0.4, -0.2) is 68.9 Å². The molecule has 1 aromatic rings. The molecule has 6 heteroatoms. The molecule has 1 atom stereocenters.